The van der Waals surface area contributed by atoms with Crippen molar-refractivity contribution >= 4 is 22.9 Å². The summed E-state index contributed by atoms with van der Waals surface area (Å²) in [5.41, 5.74) is 4.56. The molecule has 0 aliphatic rings. The number of hydrogen-bond acceptors (Lipinski definition) is 3. The van der Waals surface area contributed by atoms with Crippen LogP contribution in [0.5, 0.6) is 0 Å². The second-order valence-corrected chi connectivity index (χ2v) is 6.71. The maximum atomic E-state index is 12.3. The Morgan fingerprint density at radius 1 is 1.23 bits per heavy atom. The number of aryl methyl sites for hydroxylation is 3. The Hall–Kier alpha value is -1.65. The van der Waals surface area contributed by atoms with Gasteiger partial charge in [0.15, 0.2) is 0 Å². The van der Waals surface area contributed by atoms with Crippen LogP contribution in [0.25, 0.3) is 0 Å². The van der Waals surface area contributed by atoms with E-state index in [9.17, 15) is 4.79 Å². The molecule has 0 aliphatic heterocycles. The number of thiophene rings is 1. The zero-order chi connectivity index (χ0) is 16.1. The van der Waals surface area contributed by atoms with Crippen molar-refractivity contribution < 1.29 is 4.79 Å². The number of carbonyl (C=O) groups excluding carboxylic acids is 1. The Bertz CT molecular complexity index is 648. The van der Waals surface area contributed by atoms with Crippen LogP contribution in [0.15, 0.2) is 29.6 Å². The van der Waals surface area contributed by atoms with Gasteiger partial charge in [-0.1, -0.05) is 25.1 Å². The van der Waals surface area contributed by atoms with E-state index >= 15 is 0 Å². The van der Waals surface area contributed by atoms with E-state index in [1.165, 1.54) is 16.0 Å². The summed E-state index contributed by atoms with van der Waals surface area (Å²) in [6.07, 6.45) is 0.918. The smallest absolute Gasteiger partial charge is 0.238 e. The Morgan fingerprint density at radius 2 is 2.00 bits per heavy atom. The first-order valence-corrected chi connectivity index (χ1v) is 8.49. The molecular formula is C18H24N2OS. The highest BCUT2D eigenvalue weighted by atomic mass is 32.1. The quantitative estimate of drug-likeness (QED) is 0.873. The highest BCUT2D eigenvalue weighted by Crippen LogP contribution is 2.21. The third kappa shape index (κ3) is 4.18. The molecule has 0 atom stereocenters. The maximum Gasteiger partial charge on any atom is 0.238 e. The van der Waals surface area contributed by atoms with Gasteiger partial charge in [-0.05, 0) is 55.5 Å². The van der Waals surface area contributed by atoms with Crippen molar-refractivity contribution in [2.75, 3.05) is 18.9 Å². The van der Waals surface area contributed by atoms with Gasteiger partial charge in [0, 0.05) is 17.1 Å². The molecule has 0 bridgehead atoms. The molecule has 1 aromatic carbocycles. The summed E-state index contributed by atoms with van der Waals surface area (Å²) in [6, 6.07) is 8.26. The summed E-state index contributed by atoms with van der Waals surface area (Å²) in [6.45, 7) is 7.46. The molecule has 1 N–H and O–H groups in total. The number of carbonyl (C=O) groups is 1. The normalized spacial score (nSPS) is 11.0. The van der Waals surface area contributed by atoms with Gasteiger partial charge in [-0.3, -0.25) is 9.69 Å². The lowest BCUT2D eigenvalue weighted by atomic mass is 10.1. The third-order valence-corrected chi connectivity index (χ3v) is 4.81. The first-order chi connectivity index (χ1) is 10.5. The van der Waals surface area contributed by atoms with E-state index in [0.29, 0.717) is 6.54 Å². The number of nitrogens with zero attached hydrogens (tertiary/aromatic N) is 1. The van der Waals surface area contributed by atoms with E-state index in [2.05, 4.69) is 41.6 Å². The molecule has 2 aromatic rings. The molecule has 2 rings (SSSR count). The van der Waals surface area contributed by atoms with Crippen LogP contribution in [-0.2, 0) is 17.8 Å². The molecule has 4 heteroatoms. The van der Waals surface area contributed by atoms with Crippen LogP contribution < -0.4 is 5.32 Å². The van der Waals surface area contributed by atoms with Crippen molar-refractivity contribution in [1.29, 1.82) is 0 Å². The zero-order valence-electron chi connectivity index (χ0n) is 13.8. The number of hydrogen-bond donors (Lipinski definition) is 1. The largest absolute Gasteiger partial charge is 0.324 e. The van der Waals surface area contributed by atoms with Gasteiger partial charge in [0.05, 0.1) is 6.54 Å². The number of amides is 1. The molecule has 0 saturated heterocycles. The van der Waals surface area contributed by atoms with Gasteiger partial charge in [-0.15, -0.1) is 11.3 Å². The highest BCUT2D eigenvalue weighted by Gasteiger charge is 2.12. The molecule has 1 amide bonds. The zero-order valence-corrected chi connectivity index (χ0v) is 14.6. The first-order valence-electron chi connectivity index (χ1n) is 7.61. The van der Waals surface area contributed by atoms with E-state index in [1.54, 1.807) is 11.3 Å². The first kappa shape index (κ1) is 16.7. The molecule has 0 spiro atoms. The van der Waals surface area contributed by atoms with Crippen LogP contribution in [0.2, 0.25) is 0 Å². The molecule has 0 aliphatic carbocycles. The Kier molecular flexibility index (Phi) is 5.75. The number of nitrogens with one attached hydrogen (secondary N) is 1. The molecule has 22 heavy (non-hydrogen) atoms. The second kappa shape index (κ2) is 7.56. The highest BCUT2D eigenvalue weighted by molar-refractivity contribution is 7.10. The number of para-hydroxylation sites is 1. The molecule has 1 aromatic heterocycles. The monoisotopic (exact) mass is 316 g/mol. The summed E-state index contributed by atoms with van der Waals surface area (Å²) in [7, 11) is 1.98. The Labute approximate surface area is 137 Å². The van der Waals surface area contributed by atoms with E-state index < -0.39 is 0 Å². The standard InChI is InChI=1S/C18H24N2OS/c1-5-15-8-6-7-14(3)18(15)19-17(21)12-20(4)11-16-13(2)9-10-22-16/h6-10H,5,11-12H2,1-4H3,(H,19,21). The van der Waals surface area contributed by atoms with Crippen molar-refractivity contribution in [3.63, 3.8) is 0 Å². The minimum atomic E-state index is 0.0423. The molecule has 3 nitrogen and oxygen atoms in total. The van der Waals surface area contributed by atoms with Gasteiger partial charge < -0.3 is 5.32 Å². The molecule has 0 fully saturated rings. The molecule has 118 valence electrons. The number of anilines is 1. The molecule has 0 unspecified atom stereocenters. The lowest BCUT2D eigenvalue weighted by molar-refractivity contribution is -0.117. The van der Waals surface area contributed by atoms with Crippen LogP contribution in [0.3, 0.4) is 0 Å². The van der Waals surface area contributed by atoms with Gasteiger partial charge in [0.2, 0.25) is 5.91 Å². The van der Waals surface area contributed by atoms with Crippen molar-refractivity contribution in [3.8, 4) is 0 Å². The molecular weight excluding hydrogens is 292 g/mol. The van der Waals surface area contributed by atoms with E-state index in [-0.39, 0.29) is 5.91 Å². The van der Waals surface area contributed by atoms with Crippen LogP contribution in [0, 0.1) is 13.8 Å². The SMILES string of the molecule is CCc1cccc(C)c1NC(=O)CN(C)Cc1sccc1C. The Morgan fingerprint density at radius 3 is 2.64 bits per heavy atom. The topological polar surface area (TPSA) is 32.3 Å². The summed E-state index contributed by atoms with van der Waals surface area (Å²) >= 11 is 1.74. The Balaban J connectivity index is 1.97. The fourth-order valence-corrected chi connectivity index (χ4v) is 3.48. The summed E-state index contributed by atoms with van der Waals surface area (Å²) in [4.78, 5) is 15.7. The lowest BCUT2D eigenvalue weighted by Crippen LogP contribution is -2.30. The van der Waals surface area contributed by atoms with Crippen LogP contribution in [0.1, 0.15) is 28.5 Å². The minimum absolute atomic E-state index is 0.0423. The van der Waals surface area contributed by atoms with Gasteiger partial charge in [0.25, 0.3) is 0 Å². The van der Waals surface area contributed by atoms with E-state index in [1.807, 2.05) is 26.1 Å². The van der Waals surface area contributed by atoms with E-state index in [0.717, 1.165) is 24.2 Å². The summed E-state index contributed by atoms with van der Waals surface area (Å²) < 4.78 is 0. The van der Waals surface area contributed by atoms with Crippen LogP contribution >= 0.6 is 11.3 Å². The van der Waals surface area contributed by atoms with Crippen molar-refractivity contribution in [1.82, 2.24) is 4.90 Å². The molecule has 0 radical (unpaired) electrons. The fraction of sp³-hybridized carbons (Fsp3) is 0.389. The van der Waals surface area contributed by atoms with Crippen LogP contribution in [-0.4, -0.2) is 24.4 Å². The average molecular weight is 316 g/mol. The number of likely N-dealkylation sites (N-methyl/N-ethyl adjacent to an activating group) is 1. The van der Waals surface area contributed by atoms with E-state index in [4.69, 9.17) is 0 Å². The fourth-order valence-electron chi connectivity index (χ4n) is 2.49. The van der Waals surface area contributed by atoms with Crippen molar-refractivity contribution in [2.24, 2.45) is 0 Å². The predicted octanol–water partition coefficient (Wildman–Crippen LogP) is 4.00. The maximum absolute atomic E-state index is 12.3. The van der Waals surface area contributed by atoms with Crippen molar-refractivity contribution in [2.45, 2.75) is 33.7 Å². The third-order valence-electron chi connectivity index (χ3n) is 3.80. The second-order valence-electron chi connectivity index (χ2n) is 5.71. The predicted molar refractivity (Wildman–Crippen MR) is 94.6 cm³/mol. The van der Waals surface area contributed by atoms with Crippen molar-refractivity contribution in [3.05, 3.63) is 51.2 Å². The number of benzene rings is 1. The number of rotatable bonds is 6. The van der Waals surface area contributed by atoms with Gasteiger partial charge in [0.1, 0.15) is 0 Å². The molecule has 0 saturated carbocycles. The lowest BCUT2D eigenvalue weighted by Gasteiger charge is -2.18. The molecule has 1 heterocycles. The summed E-state index contributed by atoms with van der Waals surface area (Å²) in [5, 5.41) is 5.17. The van der Waals surface area contributed by atoms with Gasteiger partial charge in [-0.25, -0.2) is 0 Å². The minimum Gasteiger partial charge on any atom is -0.324 e. The summed E-state index contributed by atoms with van der Waals surface area (Å²) in [5.74, 6) is 0.0423. The average Bonchev–Trinajstić information content (AvgIpc) is 2.86. The van der Waals surface area contributed by atoms with Gasteiger partial charge in [-0.2, -0.15) is 0 Å². The van der Waals surface area contributed by atoms with Crippen LogP contribution in [0.4, 0.5) is 5.69 Å². The van der Waals surface area contributed by atoms with Gasteiger partial charge >= 0.3 is 0 Å².